The lowest BCUT2D eigenvalue weighted by Crippen LogP contribution is -2.40. The second-order valence-corrected chi connectivity index (χ2v) is 8.71. The van der Waals surface area contributed by atoms with E-state index in [0.717, 1.165) is 16.9 Å². The first-order chi connectivity index (χ1) is 17.9. The Hall–Kier alpha value is -4.20. The number of carbonyl (C=O) groups is 2. The summed E-state index contributed by atoms with van der Waals surface area (Å²) in [5, 5.41) is 2.93. The van der Waals surface area contributed by atoms with Crippen LogP contribution in [0.2, 0.25) is 0 Å². The molecule has 3 aromatic carbocycles. The number of hydrogen-bond donors (Lipinski definition) is 1. The van der Waals surface area contributed by atoms with Gasteiger partial charge in [0.05, 0.1) is 21.3 Å². The molecule has 0 fully saturated rings. The van der Waals surface area contributed by atoms with Gasteiger partial charge in [-0.1, -0.05) is 25.1 Å². The molecule has 0 saturated carbocycles. The van der Waals surface area contributed by atoms with Gasteiger partial charge in [0.25, 0.3) is 11.8 Å². The predicted molar refractivity (Wildman–Crippen MR) is 141 cm³/mol. The average molecular weight is 505 g/mol. The number of amides is 2. The third-order valence-electron chi connectivity index (χ3n) is 6.36. The number of hydrogen-bond acceptors (Lipinski definition) is 6. The summed E-state index contributed by atoms with van der Waals surface area (Å²) in [5.41, 5.74) is 2.86. The zero-order valence-electron chi connectivity index (χ0n) is 21.6. The molecule has 0 bridgehead atoms. The molecule has 4 rings (SSSR count). The van der Waals surface area contributed by atoms with Crippen molar-refractivity contribution in [3.8, 4) is 23.0 Å². The highest BCUT2D eigenvalue weighted by molar-refractivity contribution is 6.05. The van der Waals surface area contributed by atoms with Gasteiger partial charge in [-0.2, -0.15) is 0 Å². The van der Waals surface area contributed by atoms with Crippen LogP contribution < -0.4 is 24.3 Å². The molecule has 1 atom stereocenters. The highest BCUT2D eigenvalue weighted by Gasteiger charge is 2.30. The standard InChI is InChI=1S/C29H32N2O6/c1-5-25-29(33)31(13-12-19-8-6-7-9-26(19)36-4)18-21-14-22(10-11-27(21)37-25)30-28(32)20-15-23(34-2)17-24(16-20)35-3/h6-11,14-17,25H,5,12-13,18H2,1-4H3,(H,30,32). The number of fused-ring (bicyclic) bond motifs is 1. The van der Waals surface area contributed by atoms with E-state index >= 15 is 0 Å². The fourth-order valence-corrected chi connectivity index (χ4v) is 4.34. The molecule has 0 radical (unpaired) electrons. The molecule has 8 heteroatoms. The van der Waals surface area contributed by atoms with Crippen LogP contribution in [0.5, 0.6) is 23.0 Å². The summed E-state index contributed by atoms with van der Waals surface area (Å²) in [7, 11) is 4.71. The third-order valence-corrected chi connectivity index (χ3v) is 6.36. The number of ether oxygens (including phenoxy) is 4. The van der Waals surface area contributed by atoms with Gasteiger partial charge >= 0.3 is 0 Å². The Kier molecular flexibility index (Phi) is 8.18. The number of anilines is 1. The molecule has 1 aliphatic heterocycles. The monoisotopic (exact) mass is 504 g/mol. The Morgan fingerprint density at radius 2 is 1.73 bits per heavy atom. The summed E-state index contributed by atoms with van der Waals surface area (Å²) in [6, 6.07) is 18.2. The SMILES string of the molecule is CCC1Oc2ccc(NC(=O)c3cc(OC)cc(OC)c3)cc2CN(CCc2ccccc2OC)C1=O. The van der Waals surface area contributed by atoms with Gasteiger partial charge in [-0.25, -0.2) is 0 Å². The van der Waals surface area contributed by atoms with Gasteiger partial charge in [0.15, 0.2) is 6.10 Å². The summed E-state index contributed by atoms with van der Waals surface area (Å²) in [4.78, 5) is 28.1. The van der Waals surface area contributed by atoms with Gasteiger partial charge in [0.1, 0.15) is 23.0 Å². The first kappa shape index (κ1) is 25.9. The second-order valence-electron chi connectivity index (χ2n) is 8.71. The smallest absolute Gasteiger partial charge is 0.263 e. The number of rotatable bonds is 9. The van der Waals surface area contributed by atoms with E-state index in [4.69, 9.17) is 18.9 Å². The van der Waals surface area contributed by atoms with Crippen molar-refractivity contribution in [3.63, 3.8) is 0 Å². The first-order valence-corrected chi connectivity index (χ1v) is 12.2. The topological polar surface area (TPSA) is 86.3 Å². The fraction of sp³-hybridized carbons (Fsp3) is 0.310. The fourth-order valence-electron chi connectivity index (χ4n) is 4.34. The molecule has 0 spiro atoms. The average Bonchev–Trinajstić information content (AvgIpc) is 3.07. The summed E-state index contributed by atoms with van der Waals surface area (Å²) < 4.78 is 22.1. The van der Waals surface area contributed by atoms with E-state index in [2.05, 4.69) is 5.32 Å². The number of nitrogens with zero attached hydrogens (tertiary/aromatic N) is 1. The van der Waals surface area contributed by atoms with Gasteiger partial charge in [-0.3, -0.25) is 9.59 Å². The molecule has 1 heterocycles. The minimum atomic E-state index is -0.566. The lowest BCUT2D eigenvalue weighted by molar-refractivity contribution is -0.138. The van der Waals surface area contributed by atoms with Crippen molar-refractivity contribution in [2.75, 3.05) is 33.2 Å². The van der Waals surface area contributed by atoms with Crippen LogP contribution in [-0.4, -0.2) is 50.7 Å². The molecule has 0 saturated heterocycles. The van der Waals surface area contributed by atoms with Crippen molar-refractivity contribution >= 4 is 17.5 Å². The van der Waals surface area contributed by atoms with Gasteiger partial charge < -0.3 is 29.2 Å². The van der Waals surface area contributed by atoms with E-state index in [1.165, 1.54) is 14.2 Å². The van der Waals surface area contributed by atoms with Crippen molar-refractivity contribution in [3.05, 3.63) is 77.4 Å². The number of benzene rings is 3. The molecule has 194 valence electrons. The van der Waals surface area contributed by atoms with Crippen molar-refractivity contribution < 1.29 is 28.5 Å². The Labute approximate surface area is 217 Å². The Bertz CT molecular complexity index is 1250. The van der Waals surface area contributed by atoms with Gasteiger partial charge in [-0.15, -0.1) is 0 Å². The number of para-hydroxylation sites is 1. The molecule has 1 N–H and O–H groups in total. The molecule has 1 unspecified atom stereocenters. The van der Waals surface area contributed by atoms with Crippen molar-refractivity contribution in [1.82, 2.24) is 4.90 Å². The van der Waals surface area contributed by atoms with Crippen LogP contribution in [0.25, 0.3) is 0 Å². The molecule has 37 heavy (non-hydrogen) atoms. The van der Waals surface area contributed by atoms with Crippen molar-refractivity contribution in [2.45, 2.75) is 32.4 Å². The van der Waals surface area contributed by atoms with Crippen molar-refractivity contribution in [1.29, 1.82) is 0 Å². The van der Waals surface area contributed by atoms with Crippen LogP contribution in [0.3, 0.4) is 0 Å². The van der Waals surface area contributed by atoms with E-state index in [-0.39, 0.29) is 11.8 Å². The third kappa shape index (κ3) is 5.97. The zero-order chi connectivity index (χ0) is 26.4. The normalized spacial score (nSPS) is 14.8. The zero-order valence-corrected chi connectivity index (χ0v) is 21.6. The van der Waals surface area contributed by atoms with Gasteiger partial charge in [-0.05, 0) is 54.8 Å². The lowest BCUT2D eigenvalue weighted by atomic mass is 10.1. The van der Waals surface area contributed by atoms with E-state index in [0.29, 0.717) is 54.4 Å². The van der Waals surface area contributed by atoms with E-state index < -0.39 is 6.10 Å². The van der Waals surface area contributed by atoms with E-state index in [1.807, 2.05) is 42.2 Å². The molecule has 1 aliphatic rings. The van der Waals surface area contributed by atoms with E-state index in [9.17, 15) is 9.59 Å². The minimum Gasteiger partial charge on any atom is -0.497 e. The lowest BCUT2D eigenvalue weighted by Gasteiger charge is -2.23. The molecular weight excluding hydrogens is 472 g/mol. The largest absolute Gasteiger partial charge is 0.497 e. The van der Waals surface area contributed by atoms with Crippen LogP contribution in [0.1, 0.15) is 34.8 Å². The Morgan fingerprint density at radius 3 is 2.41 bits per heavy atom. The highest BCUT2D eigenvalue weighted by Crippen LogP contribution is 2.31. The quantitative estimate of drug-likeness (QED) is 0.454. The van der Waals surface area contributed by atoms with Crippen molar-refractivity contribution in [2.24, 2.45) is 0 Å². The maximum atomic E-state index is 13.3. The Morgan fingerprint density at radius 1 is 1.00 bits per heavy atom. The molecule has 3 aromatic rings. The predicted octanol–water partition coefficient (Wildman–Crippen LogP) is 4.71. The number of methoxy groups -OCH3 is 3. The molecule has 2 amide bonds. The first-order valence-electron chi connectivity index (χ1n) is 12.2. The number of nitrogens with one attached hydrogen (secondary N) is 1. The van der Waals surface area contributed by atoms with E-state index in [1.54, 1.807) is 37.4 Å². The van der Waals surface area contributed by atoms with Crippen LogP contribution in [-0.2, 0) is 17.8 Å². The summed E-state index contributed by atoms with van der Waals surface area (Å²) >= 11 is 0. The van der Waals surface area contributed by atoms with Crippen LogP contribution >= 0.6 is 0 Å². The second kappa shape index (κ2) is 11.7. The van der Waals surface area contributed by atoms with Crippen LogP contribution in [0.15, 0.2) is 60.7 Å². The molecule has 0 aromatic heterocycles. The van der Waals surface area contributed by atoms with Crippen LogP contribution in [0, 0.1) is 0 Å². The molecular formula is C29H32N2O6. The number of carbonyl (C=O) groups excluding carboxylic acids is 2. The molecule has 0 aliphatic carbocycles. The maximum absolute atomic E-state index is 13.3. The Balaban J connectivity index is 1.55. The summed E-state index contributed by atoms with van der Waals surface area (Å²) in [6.07, 6.45) is 0.637. The summed E-state index contributed by atoms with van der Waals surface area (Å²) in [6.45, 7) is 2.82. The minimum absolute atomic E-state index is 0.0531. The van der Waals surface area contributed by atoms with Gasteiger partial charge in [0.2, 0.25) is 0 Å². The van der Waals surface area contributed by atoms with Gasteiger partial charge in [0, 0.05) is 36.0 Å². The maximum Gasteiger partial charge on any atom is 0.263 e. The highest BCUT2D eigenvalue weighted by atomic mass is 16.5. The summed E-state index contributed by atoms with van der Waals surface area (Å²) in [5.74, 6) is 2.13. The van der Waals surface area contributed by atoms with Crippen LogP contribution in [0.4, 0.5) is 5.69 Å². The molecule has 8 nitrogen and oxygen atoms in total.